The van der Waals surface area contributed by atoms with Crippen molar-refractivity contribution in [1.29, 1.82) is 0 Å². The van der Waals surface area contributed by atoms with Crippen molar-refractivity contribution < 1.29 is 4.74 Å². The monoisotopic (exact) mass is 272 g/mol. The van der Waals surface area contributed by atoms with Gasteiger partial charge in [-0.1, -0.05) is 18.2 Å². The van der Waals surface area contributed by atoms with Crippen molar-refractivity contribution in [2.75, 3.05) is 26.7 Å². The minimum absolute atomic E-state index is 0.310. The van der Waals surface area contributed by atoms with Crippen molar-refractivity contribution in [3.63, 3.8) is 0 Å². The van der Waals surface area contributed by atoms with E-state index in [1.165, 1.54) is 5.56 Å². The highest BCUT2D eigenvalue weighted by Crippen LogP contribution is 2.30. The first-order valence-corrected chi connectivity index (χ1v) is 6.94. The molecule has 2 heterocycles. The number of methoxy groups -OCH3 is 1. The fraction of sp³-hybridized carbons (Fsp3) is 0.400. The topological polar surface area (TPSA) is 53.2 Å². The minimum Gasteiger partial charge on any atom is -0.496 e. The minimum atomic E-state index is 0.310. The highest BCUT2D eigenvalue weighted by Gasteiger charge is 2.26. The smallest absolute Gasteiger partial charge is 0.123 e. The number of aromatic nitrogens is 2. The van der Waals surface area contributed by atoms with Crippen LogP contribution in [0.2, 0.25) is 0 Å². The van der Waals surface area contributed by atoms with Gasteiger partial charge in [-0.3, -0.25) is 4.90 Å². The molecule has 1 aromatic carbocycles. The molecule has 1 aliphatic rings. The number of nitrogens with zero attached hydrogens (tertiary/aromatic N) is 2. The van der Waals surface area contributed by atoms with Crippen LogP contribution >= 0.6 is 0 Å². The van der Waals surface area contributed by atoms with Crippen LogP contribution < -0.4 is 10.1 Å². The summed E-state index contributed by atoms with van der Waals surface area (Å²) in [6, 6.07) is 8.55. The van der Waals surface area contributed by atoms with Crippen LogP contribution in [0.3, 0.4) is 0 Å². The van der Waals surface area contributed by atoms with Crippen molar-refractivity contribution in [1.82, 2.24) is 20.2 Å². The molecule has 3 rings (SSSR count). The summed E-state index contributed by atoms with van der Waals surface area (Å²) in [7, 11) is 1.73. The molecule has 1 atom stereocenters. The van der Waals surface area contributed by atoms with Gasteiger partial charge < -0.3 is 15.0 Å². The van der Waals surface area contributed by atoms with Crippen molar-refractivity contribution in [3.05, 3.63) is 48.0 Å². The maximum absolute atomic E-state index is 5.50. The second-order valence-corrected chi connectivity index (χ2v) is 4.97. The standard InChI is InChI=1S/C15H20N4O/c1-20-14-5-3-2-4-12(14)13-10-16-8-9-19(13)11-15-17-6-7-18-15/h2-7,13,16H,8-11H2,1H3,(H,17,18). The van der Waals surface area contributed by atoms with E-state index >= 15 is 0 Å². The molecule has 5 nitrogen and oxygen atoms in total. The summed E-state index contributed by atoms with van der Waals surface area (Å²) in [5.41, 5.74) is 1.23. The maximum Gasteiger partial charge on any atom is 0.123 e. The van der Waals surface area contributed by atoms with E-state index in [2.05, 4.69) is 32.3 Å². The molecule has 1 saturated heterocycles. The number of imidazole rings is 1. The van der Waals surface area contributed by atoms with E-state index in [1.807, 2.05) is 18.3 Å². The molecule has 1 aliphatic heterocycles. The second kappa shape index (κ2) is 6.07. The number of ether oxygens (including phenoxy) is 1. The maximum atomic E-state index is 5.50. The Labute approximate surface area is 119 Å². The zero-order valence-electron chi connectivity index (χ0n) is 11.7. The first-order valence-electron chi connectivity index (χ1n) is 6.94. The van der Waals surface area contributed by atoms with E-state index < -0.39 is 0 Å². The number of hydrogen-bond acceptors (Lipinski definition) is 4. The second-order valence-electron chi connectivity index (χ2n) is 4.97. The molecule has 2 aromatic rings. The van der Waals surface area contributed by atoms with Crippen LogP contribution in [0.5, 0.6) is 5.75 Å². The molecule has 106 valence electrons. The molecule has 0 radical (unpaired) electrons. The summed E-state index contributed by atoms with van der Waals surface area (Å²) in [6.07, 6.45) is 3.67. The summed E-state index contributed by atoms with van der Waals surface area (Å²) in [6.45, 7) is 3.77. The number of nitrogens with one attached hydrogen (secondary N) is 2. The fourth-order valence-electron chi connectivity index (χ4n) is 2.76. The molecule has 0 amide bonds. The first-order chi connectivity index (χ1) is 9.88. The largest absolute Gasteiger partial charge is 0.496 e. The molecule has 2 N–H and O–H groups in total. The molecule has 0 aliphatic carbocycles. The van der Waals surface area contributed by atoms with Crippen molar-refractivity contribution >= 4 is 0 Å². The van der Waals surface area contributed by atoms with E-state index in [0.29, 0.717) is 6.04 Å². The van der Waals surface area contributed by atoms with Crippen molar-refractivity contribution in [3.8, 4) is 5.75 Å². The van der Waals surface area contributed by atoms with Crippen LogP contribution in [0, 0.1) is 0 Å². The Morgan fingerprint density at radius 2 is 2.30 bits per heavy atom. The molecule has 20 heavy (non-hydrogen) atoms. The van der Waals surface area contributed by atoms with E-state index in [4.69, 9.17) is 4.74 Å². The molecule has 0 spiro atoms. The van der Waals surface area contributed by atoms with E-state index in [1.54, 1.807) is 13.3 Å². The number of H-pyrrole nitrogens is 1. The van der Waals surface area contributed by atoms with Crippen LogP contribution in [0.1, 0.15) is 17.4 Å². The van der Waals surface area contributed by atoms with Gasteiger partial charge in [0.25, 0.3) is 0 Å². The number of para-hydroxylation sites is 1. The predicted molar refractivity (Wildman–Crippen MR) is 77.6 cm³/mol. The lowest BCUT2D eigenvalue weighted by molar-refractivity contribution is 0.147. The van der Waals surface area contributed by atoms with Gasteiger partial charge in [-0.15, -0.1) is 0 Å². The lowest BCUT2D eigenvalue weighted by Gasteiger charge is -2.36. The molecule has 1 aromatic heterocycles. The SMILES string of the molecule is COc1ccccc1C1CNCCN1Cc1ncc[nH]1. The Morgan fingerprint density at radius 1 is 1.40 bits per heavy atom. The van der Waals surface area contributed by atoms with Gasteiger partial charge in [0.2, 0.25) is 0 Å². The van der Waals surface area contributed by atoms with Crippen LogP contribution in [0.25, 0.3) is 0 Å². The van der Waals surface area contributed by atoms with Gasteiger partial charge in [0, 0.05) is 37.6 Å². The van der Waals surface area contributed by atoms with E-state index in [0.717, 1.165) is 37.8 Å². The fourth-order valence-corrected chi connectivity index (χ4v) is 2.76. The van der Waals surface area contributed by atoms with Crippen LogP contribution in [-0.4, -0.2) is 41.6 Å². The van der Waals surface area contributed by atoms with Gasteiger partial charge in [0.1, 0.15) is 11.6 Å². The third-order valence-corrected chi connectivity index (χ3v) is 3.76. The Bertz CT molecular complexity index is 541. The van der Waals surface area contributed by atoms with Crippen molar-refractivity contribution in [2.45, 2.75) is 12.6 Å². The molecular weight excluding hydrogens is 252 g/mol. The summed E-state index contributed by atoms with van der Waals surface area (Å²) in [5, 5.41) is 3.47. The van der Waals surface area contributed by atoms with Crippen molar-refractivity contribution in [2.24, 2.45) is 0 Å². The Kier molecular flexibility index (Phi) is 3.99. The number of aromatic amines is 1. The predicted octanol–water partition coefficient (Wildman–Crippen LogP) is 1.56. The Balaban J connectivity index is 1.84. The Hall–Kier alpha value is -1.85. The van der Waals surface area contributed by atoms with Gasteiger partial charge >= 0.3 is 0 Å². The highest BCUT2D eigenvalue weighted by atomic mass is 16.5. The van der Waals surface area contributed by atoms with E-state index in [9.17, 15) is 0 Å². The normalized spacial score (nSPS) is 19.9. The summed E-state index contributed by atoms with van der Waals surface area (Å²) in [5.74, 6) is 1.96. The van der Waals surface area contributed by atoms with Gasteiger partial charge in [-0.25, -0.2) is 4.98 Å². The zero-order valence-corrected chi connectivity index (χ0v) is 11.7. The van der Waals surface area contributed by atoms with Gasteiger partial charge in [-0.2, -0.15) is 0 Å². The molecule has 0 saturated carbocycles. The van der Waals surface area contributed by atoms with Gasteiger partial charge in [0.05, 0.1) is 19.7 Å². The quantitative estimate of drug-likeness (QED) is 0.887. The first kappa shape index (κ1) is 13.1. The third-order valence-electron chi connectivity index (χ3n) is 3.76. The van der Waals surface area contributed by atoms with Gasteiger partial charge in [0.15, 0.2) is 0 Å². The lowest BCUT2D eigenvalue weighted by atomic mass is 10.0. The van der Waals surface area contributed by atoms with Crippen LogP contribution in [0.15, 0.2) is 36.7 Å². The van der Waals surface area contributed by atoms with Crippen LogP contribution in [0.4, 0.5) is 0 Å². The highest BCUT2D eigenvalue weighted by molar-refractivity contribution is 5.36. The molecule has 5 heteroatoms. The number of benzene rings is 1. The zero-order chi connectivity index (χ0) is 13.8. The molecule has 1 unspecified atom stereocenters. The summed E-state index contributed by atoms with van der Waals surface area (Å²) >= 11 is 0. The number of piperazine rings is 1. The molecular formula is C15H20N4O. The number of rotatable bonds is 4. The average molecular weight is 272 g/mol. The summed E-state index contributed by atoms with van der Waals surface area (Å²) < 4.78 is 5.50. The molecule has 1 fully saturated rings. The van der Waals surface area contributed by atoms with E-state index in [-0.39, 0.29) is 0 Å². The summed E-state index contributed by atoms with van der Waals surface area (Å²) in [4.78, 5) is 9.95. The van der Waals surface area contributed by atoms with Crippen LogP contribution in [-0.2, 0) is 6.54 Å². The Morgan fingerprint density at radius 3 is 3.10 bits per heavy atom. The number of hydrogen-bond donors (Lipinski definition) is 2. The third kappa shape index (κ3) is 2.69. The molecule has 0 bridgehead atoms. The average Bonchev–Trinajstić information content (AvgIpc) is 3.01. The van der Waals surface area contributed by atoms with Gasteiger partial charge in [-0.05, 0) is 6.07 Å². The lowest BCUT2D eigenvalue weighted by Crippen LogP contribution is -2.45.